The number of carbonyl (C=O) groups excluding carboxylic acids is 1. The second-order valence-electron chi connectivity index (χ2n) is 13.4. The number of hydrogen-bond acceptors (Lipinski definition) is 2. The van der Waals surface area contributed by atoms with Crippen molar-refractivity contribution in [3.05, 3.63) is 47.4 Å². The Labute approximate surface area is 246 Å². The molecule has 0 amide bonds. The van der Waals surface area contributed by atoms with Gasteiger partial charge in [0.15, 0.2) is 0 Å². The van der Waals surface area contributed by atoms with Gasteiger partial charge in [0, 0.05) is 18.3 Å². The van der Waals surface area contributed by atoms with Crippen LogP contribution < -0.4 is 0 Å². The molecule has 2 rings (SSSR count). The molecule has 0 aromatic carbocycles. The van der Waals surface area contributed by atoms with E-state index >= 15 is 0 Å². The Kier molecular flexibility index (Phi) is 16.4. The normalized spacial score (nSPS) is 25.0. The topological polar surface area (TPSA) is 37.3 Å². The van der Waals surface area contributed by atoms with Gasteiger partial charge in [-0.2, -0.15) is 0 Å². The molecular weight excluding hydrogens is 495 g/mol. The first-order valence-corrected chi connectivity index (χ1v) is 16.8. The molecule has 0 bridgehead atoms. The predicted molar refractivity (Wildman–Crippen MR) is 170 cm³/mol. The van der Waals surface area contributed by atoms with Crippen LogP contribution in [0, 0.1) is 35.5 Å². The fourth-order valence-electron chi connectivity index (χ4n) is 6.83. The van der Waals surface area contributed by atoms with Gasteiger partial charge >= 0.3 is 0 Å². The van der Waals surface area contributed by atoms with E-state index in [9.17, 15) is 14.3 Å². The van der Waals surface area contributed by atoms with Crippen molar-refractivity contribution >= 4 is 5.78 Å². The van der Waals surface area contributed by atoms with Crippen LogP contribution in [0.15, 0.2) is 47.4 Å². The summed E-state index contributed by atoms with van der Waals surface area (Å²) < 4.78 is 14.2. The summed E-state index contributed by atoms with van der Waals surface area (Å²) >= 11 is 0. The average Bonchev–Trinajstić information content (AvgIpc) is 2.94. The van der Waals surface area contributed by atoms with Crippen molar-refractivity contribution in [2.75, 3.05) is 0 Å². The van der Waals surface area contributed by atoms with Gasteiger partial charge in [0.25, 0.3) is 0 Å². The van der Waals surface area contributed by atoms with Crippen molar-refractivity contribution < 1.29 is 14.3 Å². The molecule has 1 saturated carbocycles. The van der Waals surface area contributed by atoms with Crippen molar-refractivity contribution in [1.82, 2.24) is 0 Å². The first-order valence-electron chi connectivity index (χ1n) is 16.8. The van der Waals surface area contributed by atoms with Gasteiger partial charge in [-0.05, 0) is 80.3 Å². The average molecular weight is 557 g/mol. The molecule has 1 N–H and O–H groups in total. The second-order valence-corrected chi connectivity index (χ2v) is 13.4. The quantitative estimate of drug-likeness (QED) is 0.135. The molecule has 2 aliphatic rings. The smallest absolute Gasteiger partial charge is 0.136 e. The molecule has 0 heterocycles. The maximum Gasteiger partial charge on any atom is 0.136 e. The second kappa shape index (κ2) is 18.9. The van der Waals surface area contributed by atoms with Crippen LogP contribution in [-0.4, -0.2) is 17.0 Å². The third kappa shape index (κ3) is 11.8. The summed E-state index contributed by atoms with van der Waals surface area (Å²) in [7, 11) is 0. The molecule has 0 spiro atoms. The SMILES string of the molecule is CCCCCCC(=O)C1CC(CCCCC(C)C)CC(C(O)C2=CC(CC)=CCC2)C1C/C=C\C=C(\F)C(C)C. The van der Waals surface area contributed by atoms with Crippen molar-refractivity contribution in [2.24, 2.45) is 35.5 Å². The lowest BCUT2D eigenvalue weighted by Crippen LogP contribution is -2.43. The summed E-state index contributed by atoms with van der Waals surface area (Å²) in [6.07, 6.45) is 24.9. The van der Waals surface area contributed by atoms with Crippen molar-refractivity contribution in [3.8, 4) is 0 Å². The number of rotatable bonds is 18. The van der Waals surface area contributed by atoms with Crippen LogP contribution in [0.3, 0.4) is 0 Å². The van der Waals surface area contributed by atoms with Crippen LogP contribution in [0.4, 0.5) is 4.39 Å². The lowest BCUT2D eigenvalue weighted by atomic mass is 9.61. The van der Waals surface area contributed by atoms with E-state index in [2.05, 4.69) is 45.9 Å². The Balaban J connectivity index is 2.33. The largest absolute Gasteiger partial charge is 0.388 e. The minimum atomic E-state index is -0.509. The number of hydrogen-bond donors (Lipinski definition) is 1. The Morgan fingerprint density at radius 2 is 1.85 bits per heavy atom. The monoisotopic (exact) mass is 556 g/mol. The highest BCUT2D eigenvalue weighted by Gasteiger charge is 2.43. The molecule has 0 radical (unpaired) electrons. The van der Waals surface area contributed by atoms with E-state index < -0.39 is 6.10 Å². The predicted octanol–water partition coefficient (Wildman–Crippen LogP) is 10.9. The molecule has 0 saturated heterocycles. The van der Waals surface area contributed by atoms with E-state index in [1.54, 1.807) is 6.08 Å². The number of unbranched alkanes of at least 4 members (excludes halogenated alkanes) is 4. The Morgan fingerprint density at radius 3 is 2.52 bits per heavy atom. The van der Waals surface area contributed by atoms with E-state index in [0.717, 1.165) is 69.3 Å². The zero-order valence-corrected chi connectivity index (χ0v) is 26.8. The number of halogens is 1. The van der Waals surface area contributed by atoms with Crippen LogP contribution in [0.5, 0.6) is 0 Å². The van der Waals surface area contributed by atoms with E-state index in [-0.39, 0.29) is 29.5 Å². The molecule has 0 aromatic heterocycles. The summed E-state index contributed by atoms with van der Waals surface area (Å²) in [4.78, 5) is 13.8. The minimum Gasteiger partial charge on any atom is -0.388 e. The molecule has 5 atom stereocenters. The molecule has 2 nitrogen and oxygen atoms in total. The van der Waals surface area contributed by atoms with Gasteiger partial charge in [-0.3, -0.25) is 4.79 Å². The minimum absolute atomic E-state index is 0.0147. The Morgan fingerprint density at radius 1 is 1.07 bits per heavy atom. The molecule has 2 aliphatic carbocycles. The van der Waals surface area contributed by atoms with Gasteiger partial charge in [-0.15, -0.1) is 0 Å². The van der Waals surface area contributed by atoms with Crippen LogP contribution in [0.1, 0.15) is 138 Å². The van der Waals surface area contributed by atoms with Crippen LogP contribution in [-0.2, 0) is 4.79 Å². The van der Waals surface area contributed by atoms with E-state index in [1.165, 1.54) is 37.7 Å². The van der Waals surface area contributed by atoms with Crippen molar-refractivity contribution in [1.29, 1.82) is 0 Å². The highest BCUT2D eigenvalue weighted by atomic mass is 19.1. The standard InChI is InChI=1S/C37H61FO2/c1-7-9-10-11-23-36(39)33-25-30(18-13-12-17-27(3)4)26-34(32(33)21-14-15-22-35(38)28(5)6)37(40)31-20-16-19-29(8-2)24-31/h14-15,19,22,24,27-28,30,32-34,37,40H,7-13,16-18,20-21,23,25-26H2,1-6H3/b15-14-,35-22+. The maximum absolute atomic E-state index is 14.2. The zero-order valence-electron chi connectivity index (χ0n) is 26.8. The molecule has 0 aromatic rings. The molecule has 0 aliphatic heterocycles. The summed E-state index contributed by atoms with van der Waals surface area (Å²) in [6.45, 7) is 12.7. The Bertz CT molecular complexity index is 861. The zero-order chi connectivity index (χ0) is 29.5. The van der Waals surface area contributed by atoms with Gasteiger partial charge in [0.1, 0.15) is 11.6 Å². The summed E-state index contributed by atoms with van der Waals surface area (Å²) in [5.74, 6) is 1.52. The van der Waals surface area contributed by atoms with Gasteiger partial charge in [0.05, 0.1) is 6.10 Å². The highest BCUT2D eigenvalue weighted by Crippen LogP contribution is 2.46. The summed E-state index contributed by atoms with van der Waals surface area (Å²) in [5, 5.41) is 11.9. The van der Waals surface area contributed by atoms with Crippen LogP contribution in [0.2, 0.25) is 0 Å². The number of ketones is 1. The molecule has 1 fully saturated rings. The number of aliphatic hydroxyl groups is 1. The third-order valence-corrected chi connectivity index (χ3v) is 9.35. The first-order chi connectivity index (χ1) is 19.2. The molecular formula is C37H61FO2. The van der Waals surface area contributed by atoms with Crippen LogP contribution in [0.25, 0.3) is 0 Å². The molecule has 40 heavy (non-hydrogen) atoms. The molecule has 3 heteroatoms. The lowest BCUT2D eigenvalue weighted by molar-refractivity contribution is -0.129. The van der Waals surface area contributed by atoms with Crippen molar-refractivity contribution in [2.45, 2.75) is 144 Å². The highest BCUT2D eigenvalue weighted by molar-refractivity contribution is 5.81. The fourth-order valence-corrected chi connectivity index (χ4v) is 6.83. The van der Waals surface area contributed by atoms with E-state index in [0.29, 0.717) is 18.1 Å². The lowest BCUT2D eigenvalue weighted by Gasteiger charge is -2.44. The fraction of sp³-hybridized carbons (Fsp3) is 0.757. The van der Waals surface area contributed by atoms with Crippen molar-refractivity contribution in [3.63, 3.8) is 0 Å². The van der Waals surface area contributed by atoms with Gasteiger partial charge in [-0.1, -0.05) is 116 Å². The van der Waals surface area contributed by atoms with Gasteiger partial charge in [0.2, 0.25) is 0 Å². The number of carbonyl (C=O) groups is 1. The third-order valence-electron chi connectivity index (χ3n) is 9.35. The summed E-state index contributed by atoms with van der Waals surface area (Å²) in [6, 6.07) is 0. The van der Waals surface area contributed by atoms with Crippen LogP contribution >= 0.6 is 0 Å². The van der Waals surface area contributed by atoms with E-state index in [4.69, 9.17) is 0 Å². The number of allylic oxidation sites excluding steroid dienone is 7. The summed E-state index contributed by atoms with van der Waals surface area (Å²) in [5.41, 5.74) is 2.47. The molecule has 228 valence electrons. The maximum atomic E-state index is 14.2. The van der Waals surface area contributed by atoms with Gasteiger partial charge in [-0.25, -0.2) is 4.39 Å². The number of aliphatic hydroxyl groups excluding tert-OH is 1. The molecule has 5 unspecified atom stereocenters. The number of Topliss-reactive ketones (excluding diaryl/α,β-unsaturated/α-hetero) is 1. The first kappa shape index (κ1) is 34.7. The van der Waals surface area contributed by atoms with E-state index in [1.807, 2.05) is 19.9 Å². The van der Waals surface area contributed by atoms with Gasteiger partial charge < -0.3 is 5.11 Å². The Hall–Kier alpha value is -1.48.